The Morgan fingerprint density at radius 3 is 2.32 bits per heavy atom. The fourth-order valence-corrected chi connectivity index (χ4v) is 2.35. The van der Waals surface area contributed by atoms with Crippen molar-refractivity contribution in [1.29, 1.82) is 0 Å². The number of halogens is 1. The number of benzene rings is 1. The van der Waals surface area contributed by atoms with Gasteiger partial charge in [0.05, 0.1) is 12.1 Å². The highest BCUT2D eigenvalue weighted by atomic mass is 19.1. The molecular weight excluding hydrogens is 241 g/mol. The molecule has 0 saturated heterocycles. The van der Waals surface area contributed by atoms with E-state index in [0.717, 1.165) is 6.54 Å². The van der Waals surface area contributed by atoms with Gasteiger partial charge in [-0.3, -0.25) is 0 Å². The van der Waals surface area contributed by atoms with E-state index < -0.39 is 0 Å². The molecule has 1 rings (SSSR count). The first-order valence-electron chi connectivity index (χ1n) is 7.01. The molecule has 2 unspecified atom stereocenters. The smallest absolute Gasteiger partial charge is 0.128 e. The third-order valence-electron chi connectivity index (χ3n) is 3.17. The summed E-state index contributed by atoms with van der Waals surface area (Å²) in [5.74, 6) is -0.178. The molecular formula is C16H26FNO. The highest BCUT2D eigenvalue weighted by molar-refractivity contribution is 5.23. The van der Waals surface area contributed by atoms with E-state index in [1.807, 2.05) is 26.0 Å². The summed E-state index contributed by atoms with van der Waals surface area (Å²) in [4.78, 5) is 0. The molecule has 0 aliphatic carbocycles. The van der Waals surface area contributed by atoms with E-state index in [2.05, 4.69) is 26.1 Å². The number of hydrogen-bond donors (Lipinski definition) is 1. The predicted molar refractivity (Wildman–Crippen MR) is 77.7 cm³/mol. The van der Waals surface area contributed by atoms with Crippen LogP contribution in [0, 0.1) is 11.2 Å². The number of hydrogen-bond acceptors (Lipinski definition) is 2. The molecule has 1 N–H and O–H groups in total. The first-order chi connectivity index (χ1) is 8.91. The van der Waals surface area contributed by atoms with Crippen molar-refractivity contribution in [2.75, 3.05) is 13.2 Å². The molecule has 2 nitrogen and oxygen atoms in total. The average molecular weight is 267 g/mol. The molecule has 0 bridgehead atoms. The molecule has 0 aromatic heterocycles. The van der Waals surface area contributed by atoms with Crippen molar-refractivity contribution in [3.8, 4) is 0 Å². The Kier molecular flexibility index (Phi) is 5.95. The van der Waals surface area contributed by atoms with Crippen LogP contribution in [0.5, 0.6) is 0 Å². The number of likely N-dealkylation sites (N-methyl/N-ethyl adjacent to an activating group) is 1. The Balaban J connectivity index is 3.14. The molecule has 0 spiro atoms. The summed E-state index contributed by atoms with van der Waals surface area (Å²) < 4.78 is 20.0. The van der Waals surface area contributed by atoms with Crippen LogP contribution in [0.4, 0.5) is 4.39 Å². The Morgan fingerprint density at radius 1 is 1.21 bits per heavy atom. The minimum absolute atomic E-state index is 0.0644. The lowest BCUT2D eigenvalue weighted by Crippen LogP contribution is -2.42. The molecule has 2 atom stereocenters. The monoisotopic (exact) mass is 267 g/mol. The maximum atomic E-state index is 14.1. The minimum atomic E-state index is -0.178. The fraction of sp³-hybridized carbons (Fsp3) is 0.625. The first kappa shape index (κ1) is 16.1. The van der Waals surface area contributed by atoms with Crippen LogP contribution in [0.1, 0.15) is 46.2 Å². The number of nitrogens with one attached hydrogen (secondary N) is 1. The molecule has 0 heterocycles. The maximum absolute atomic E-state index is 14.1. The predicted octanol–water partition coefficient (Wildman–Crippen LogP) is 3.93. The summed E-state index contributed by atoms with van der Waals surface area (Å²) in [7, 11) is 0. The Morgan fingerprint density at radius 2 is 1.84 bits per heavy atom. The van der Waals surface area contributed by atoms with Crippen LogP contribution in [-0.2, 0) is 4.74 Å². The molecule has 0 saturated carbocycles. The van der Waals surface area contributed by atoms with Gasteiger partial charge < -0.3 is 10.1 Å². The zero-order valence-corrected chi connectivity index (χ0v) is 12.7. The standard InChI is InChI=1S/C16H26FNO/c1-6-18-14(12-10-8-9-11-13(12)17)15(19-7-2)16(3,4)5/h8-11,14-15,18H,6-7H2,1-5H3. The van der Waals surface area contributed by atoms with E-state index >= 15 is 0 Å². The van der Waals surface area contributed by atoms with Gasteiger partial charge >= 0.3 is 0 Å². The number of ether oxygens (including phenoxy) is 1. The lowest BCUT2D eigenvalue weighted by Gasteiger charge is -2.37. The van der Waals surface area contributed by atoms with Gasteiger partial charge in [-0.2, -0.15) is 0 Å². The second-order valence-corrected chi connectivity index (χ2v) is 5.80. The molecule has 0 radical (unpaired) electrons. The van der Waals surface area contributed by atoms with Crippen molar-refractivity contribution >= 4 is 0 Å². The van der Waals surface area contributed by atoms with E-state index in [0.29, 0.717) is 12.2 Å². The van der Waals surface area contributed by atoms with Gasteiger partial charge in [0.25, 0.3) is 0 Å². The molecule has 0 aliphatic rings. The van der Waals surface area contributed by atoms with Crippen LogP contribution < -0.4 is 5.32 Å². The largest absolute Gasteiger partial charge is 0.376 e. The number of rotatable bonds is 6. The van der Waals surface area contributed by atoms with Crippen molar-refractivity contribution in [2.45, 2.75) is 46.8 Å². The molecule has 0 amide bonds. The quantitative estimate of drug-likeness (QED) is 0.843. The van der Waals surface area contributed by atoms with Gasteiger partial charge in [0, 0.05) is 12.2 Å². The highest BCUT2D eigenvalue weighted by Gasteiger charge is 2.34. The van der Waals surface area contributed by atoms with Gasteiger partial charge in [-0.1, -0.05) is 45.9 Å². The molecule has 3 heteroatoms. The summed E-state index contributed by atoms with van der Waals surface area (Å²) >= 11 is 0. The lowest BCUT2D eigenvalue weighted by molar-refractivity contribution is -0.0369. The van der Waals surface area contributed by atoms with Crippen molar-refractivity contribution in [1.82, 2.24) is 5.32 Å². The van der Waals surface area contributed by atoms with E-state index in [-0.39, 0.29) is 23.4 Å². The topological polar surface area (TPSA) is 21.3 Å². The van der Waals surface area contributed by atoms with Gasteiger partial charge in [0.1, 0.15) is 5.82 Å². The van der Waals surface area contributed by atoms with E-state index in [4.69, 9.17) is 4.74 Å². The third-order valence-corrected chi connectivity index (χ3v) is 3.17. The Labute approximate surface area is 116 Å². The zero-order valence-electron chi connectivity index (χ0n) is 12.7. The average Bonchev–Trinajstić information content (AvgIpc) is 2.33. The van der Waals surface area contributed by atoms with Crippen LogP contribution in [0.25, 0.3) is 0 Å². The van der Waals surface area contributed by atoms with Gasteiger partial charge in [-0.25, -0.2) is 4.39 Å². The summed E-state index contributed by atoms with van der Waals surface area (Å²) in [5, 5.41) is 3.37. The third kappa shape index (κ3) is 4.29. The van der Waals surface area contributed by atoms with E-state index in [9.17, 15) is 4.39 Å². The Hall–Kier alpha value is -0.930. The molecule has 0 fully saturated rings. The fourth-order valence-electron chi connectivity index (χ4n) is 2.35. The van der Waals surface area contributed by atoms with Gasteiger partial charge in [-0.05, 0) is 24.9 Å². The van der Waals surface area contributed by atoms with Crippen LogP contribution in [0.3, 0.4) is 0 Å². The molecule has 1 aromatic carbocycles. The van der Waals surface area contributed by atoms with Crippen molar-refractivity contribution in [2.24, 2.45) is 5.41 Å². The van der Waals surface area contributed by atoms with Crippen LogP contribution in [0.2, 0.25) is 0 Å². The first-order valence-corrected chi connectivity index (χ1v) is 7.01. The molecule has 19 heavy (non-hydrogen) atoms. The molecule has 1 aromatic rings. The molecule has 108 valence electrons. The van der Waals surface area contributed by atoms with Gasteiger partial charge in [0.2, 0.25) is 0 Å². The normalized spacial score (nSPS) is 15.3. The summed E-state index contributed by atoms with van der Waals surface area (Å²) in [6, 6.07) is 6.79. The second-order valence-electron chi connectivity index (χ2n) is 5.80. The zero-order chi connectivity index (χ0) is 14.5. The van der Waals surface area contributed by atoms with Crippen molar-refractivity contribution < 1.29 is 9.13 Å². The van der Waals surface area contributed by atoms with Crippen molar-refractivity contribution in [3.05, 3.63) is 35.6 Å². The van der Waals surface area contributed by atoms with Crippen LogP contribution >= 0.6 is 0 Å². The highest BCUT2D eigenvalue weighted by Crippen LogP contribution is 2.33. The van der Waals surface area contributed by atoms with E-state index in [1.54, 1.807) is 6.07 Å². The van der Waals surface area contributed by atoms with Crippen LogP contribution in [0.15, 0.2) is 24.3 Å². The Bertz CT molecular complexity index is 387. The van der Waals surface area contributed by atoms with Crippen molar-refractivity contribution in [3.63, 3.8) is 0 Å². The van der Waals surface area contributed by atoms with Gasteiger partial charge in [0.15, 0.2) is 0 Å². The summed E-state index contributed by atoms with van der Waals surface area (Å²) in [5.41, 5.74) is 0.614. The van der Waals surface area contributed by atoms with Gasteiger partial charge in [-0.15, -0.1) is 0 Å². The lowest BCUT2D eigenvalue weighted by atomic mass is 9.81. The maximum Gasteiger partial charge on any atom is 0.128 e. The SMILES string of the molecule is CCNC(c1ccccc1F)C(OCC)C(C)(C)C. The molecule has 0 aliphatic heterocycles. The summed E-state index contributed by atoms with van der Waals surface area (Å²) in [6.07, 6.45) is -0.0747. The second kappa shape index (κ2) is 7.01. The summed E-state index contributed by atoms with van der Waals surface area (Å²) in [6.45, 7) is 11.8. The van der Waals surface area contributed by atoms with Crippen LogP contribution in [-0.4, -0.2) is 19.3 Å². The minimum Gasteiger partial charge on any atom is -0.376 e. The van der Waals surface area contributed by atoms with E-state index in [1.165, 1.54) is 6.07 Å².